The van der Waals surface area contributed by atoms with E-state index in [-0.39, 0.29) is 52.2 Å². The summed E-state index contributed by atoms with van der Waals surface area (Å²) in [6, 6.07) is 11.9. The van der Waals surface area contributed by atoms with Crippen molar-refractivity contribution in [2.45, 2.75) is 0 Å². The molecule has 43 heavy (non-hydrogen) atoms. The first-order valence-electron chi connectivity index (χ1n) is 12.4. The van der Waals surface area contributed by atoms with Crippen LogP contribution in [0.25, 0.3) is 22.3 Å². The summed E-state index contributed by atoms with van der Waals surface area (Å²) < 4.78 is 105. The molecule has 3 rings (SSSR count). The molecule has 16 heteroatoms. The predicted octanol–water partition coefficient (Wildman–Crippen LogP) is 2.99. The van der Waals surface area contributed by atoms with Gasteiger partial charge in [0.1, 0.15) is 18.1 Å². The lowest BCUT2D eigenvalue weighted by Gasteiger charge is -2.21. The van der Waals surface area contributed by atoms with Gasteiger partial charge in [0, 0.05) is 12.1 Å². The van der Waals surface area contributed by atoms with Crippen molar-refractivity contribution in [3.05, 3.63) is 48.5 Å². The average Bonchev–Trinajstić information content (AvgIpc) is 2.86. The highest BCUT2D eigenvalue weighted by atomic mass is 32.2. The Morgan fingerprint density at radius 1 is 0.628 bits per heavy atom. The van der Waals surface area contributed by atoms with Crippen LogP contribution in [0.1, 0.15) is 0 Å². The van der Waals surface area contributed by atoms with E-state index in [9.17, 15) is 25.3 Å². The largest absolute Gasteiger partial charge is 0.496 e. The van der Waals surface area contributed by atoms with E-state index < -0.39 is 30.4 Å². The molecule has 0 saturated carbocycles. The number of ether oxygens (including phenoxy) is 3. The Morgan fingerprint density at radius 2 is 1.21 bits per heavy atom. The minimum Gasteiger partial charge on any atom is -0.496 e. The van der Waals surface area contributed by atoms with Crippen molar-refractivity contribution >= 4 is 30.4 Å². The van der Waals surface area contributed by atoms with E-state index in [0.717, 1.165) is 18.8 Å². The van der Waals surface area contributed by atoms with Crippen LogP contribution >= 0.6 is 0 Å². The van der Waals surface area contributed by atoms with Crippen LogP contribution in [0.5, 0.6) is 34.5 Å². The van der Waals surface area contributed by atoms with E-state index in [1.54, 1.807) is 24.3 Å². The van der Waals surface area contributed by atoms with Crippen molar-refractivity contribution in [2.24, 2.45) is 0 Å². The lowest BCUT2D eigenvalue weighted by atomic mass is 9.96. The van der Waals surface area contributed by atoms with E-state index in [4.69, 9.17) is 26.8 Å². The topological polar surface area (TPSA) is 161 Å². The lowest BCUT2D eigenvalue weighted by molar-refractivity contribution is 0.256. The highest BCUT2D eigenvalue weighted by Gasteiger charge is 2.27. The maximum absolute atomic E-state index is 12.4. The first-order chi connectivity index (χ1) is 19.9. The lowest BCUT2D eigenvalue weighted by Crippen LogP contribution is -2.19. The molecule has 0 radical (unpaired) electrons. The van der Waals surface area contributed by atoms with E-state index in [1.165, 1.54) is 38.5 Å². The Kier molecular flexibility index (Phi) is 10.4. The van der Waals surface area contributed by atoms with Crippen LogP contribution in [-0.4, -0.2) is 90.4 Å². The molecule has 0 fully saturated rings. The Labute approximate surface area is 252 Å². The standard InChI is InChI=1S/C27H33NO12S3/c1-28(2)14-15-37-22-13-10-19(16-23(22)39-42(6,31)32)25-24(35-3)17-21(26(36-4)27(25)40-43(7,33)34)18-8-11-20(12-9-18)38-41(5,29)30/h8-13,16-17H,14-15H2,1-7H3. The SMILES string of the molecule is COc1cc(-c2ccc(OS(C)(=O)=O)cc2)c(OC)c(OS(C)(=O)=O)c1-c1ccc(OCCN(C)C)c(OS(C)(=O)=O)c1. The number of methoxy groups -OCH3 is 2. The molecule has 0 aliphatic carbocycles. The van der Waals surface area contributed by atoms with Crippen LogP contribution in [0.3, 0.4) is 0 Å². The fraction of sp³-hybridized carbons (Fsp3) is 0.333. The summed E-state index contributed by atoms with van der Waals surface area (Å²) in [5, 5.41) is 0. The van der Waals surface area contributed by atoms with Gasteiger partial charge in [0.15, 0.2) is 23.0 Å². The van der Waals surface area contributed by atoms with Crippen molar-refractivity contribution in [2.75, 3.05) is 60.2 Å². The normalized spacial score (nSPS) is 12.1. The maximum Gasteiger partial charge on any atom is 0.306 e. The molecule has 3 aromatic carbocycles. The number of benzene rings is 3. The van der Waals surface area contributed by atoms with Gasteiger partial charge in [-0.3, -0.25) is 0 Å². The molecule has 0 heterocycles. The monoisotopic (exact) mass is 659 g/mol. The van der Waals surface area contributed by atoms with Gasteiger partial charge < -0.3 is 31.7 Å². The van der Waals surface area contributed by atoms with Gasteiger partial charge in [-0.25, -0.2) is 0 Å². The van der Waals surface area contributed by atoms with E-state index in [2.05, 4.69) is 0 Å². The van der Waals surface area contributed by atoms with Crippen molar-refractivity contribution in [1.29, 1.82) is 0 Å². The van der Waals surface area contributed by atoms with Crippen LogP contribution in [0.15, 0.2) is 48.5 Å². The molecular formula is C27H33NO12S3. The number of likely N-dealkylation sites (N-methyl/N-ethyl adjacent to an activating group) is 1. The van der Waals surface area contributed by atoms with Crippen LogP contribution in [-0.2, 0) is 30.4 Å². The zero-order valence-corrected chi connectivity index (χ0v) is 27.1. The van der Waals surface area contributed by atoms with Gasteiger partial charge >= 0.3 is 30.4 Å². The minimum atomic E-state index is -4.14. The van der Waals surface area contributed by atoms with E-state index in [1.807, 2.05) is 19.0 Å². The fourth-order valence-corrected chi connectivity index (χ4v) is 5.29. The van der Waals surface area contributed by atoms with Crippen LogP contribution in [0, 0.1) is 0 Å². The summed E-state index contributed by atoms with van der Waals surface area (Å²) in [5.41, 5.74) is 1.19. The second-order valence-corrected chi connectivity index (χ2v) is 14.3. The van der Waals surface area contributed by atoms with Crippen molar-refractivity contribution in [3.8, 4) is 56.8 Å². The summed E-state index contributed by atoms with van der Waals surface area (Å²) >= 11 is 0. The van der Waals surface area contributed by atoms with Crippen molar-refractivity contribution in [3.63, 3.8) is 0 Å². The first kappa shape index (κ1) is 33.8. The molecule has 0 aliphatic rings. The summed E-state index contributed by atoms with van der Waals surface area (Å²) in [4.78, 5) is 1.88. The Morgan fingerprint density at radius 3 is 1.72 bits per heavy atom. The zero-order valence-electron chi connectivity index (χ0n) is 24.6. The van der Waals surface area contributed by atoms with Crippen molar-refractivity contribution < 1.29 is 52.0 Å². The smallest absolute Gasteiger partial charge is 0.306 e. The third-order valence-electron chi connectivity index (χ3n) is 5.54. The van der Waals surface area contributed by atoms with Gasteiger partial charge in [-0.1, -0.05) is 18.2 Å². The van der Waals surface area contributed by atoms with Gasteiger partial charge in [0.05, 0.1) is 38.6 Å². The minimum absolute atomic E-state index is 0.00472. The van der Waals surface area contributed by atoms with E-state index in [0.29, 0.717) is 17.7 Å². The molecule has 0 N–H and O–H groups in total. The molecule has 0 aliphatic heterocycles. The van der Waals surface area contributed by atoms with Crippen LogP contribution in [0.4, 0.5) is 0 Å². The average molecular weight is 660 g/mol. The molecule has 0 aromatic heterocycles. The molecular weight excluding hydrogens is 626 g/mol. The molecule has 0 saturated heterocycles. The maximum atomic E-state index is 12.4. The first-order valence-corrected chi connectivity index (χ1v) is 17.9. The Balaban J connectivity index is 2.28. The van der Waals surface area contributed by atoms with Gasteiger partial charge in [-0.05, 0) is 55.6 Å². The van der Waals surface area contributed by atoms with Crippen LogP contribution in [0.2, 0.25) is 0 Å². The van der Waals surface area contributed by atoms with Gasteiger partial charge in [-0.2, -0.15) is 25.3 Å². The molecule has 236 valence electrons. The second kappa shape index (κ2) is 13.3. The molecule has 0 unspecified atom stereocenters. The highest BCUT2D eigenvalue weighted by Crippen LogP contribution is 2.51. The zero-order chi connectivity index (χ0) is 32.2. The summed E-state index contributed by atoms with van der Waals surface area (Å²) in [7, 11) is -5.51. The highest BCUT2D eigenvalue weighted by molar-refractivity contribution is 7.86. The summed E-state index contributed by atoms with van der Waals surface area (Å²) in [6.07, 6.45) is 2.65. The van der Waals surface area contributed by atoms with Gasteiger partial charge in [-0.15, -0.1) is 0 Å². The molecule has 13 nitrogen and oxygen atoms in total. The van der Waals surface area contributed by atoms with Gasteiger partial charge in [0.2, 0.25) is 0 Å². The molecule has 3 aromatic rings. The van der Waals surface area contributed by atoms with Crippen LogP contribution < -0.4 is 26.8 Å². The summed E-state index contributed by atoms with van der Waals surface area (Å²) in [6.45, 7) is 0.773. The number of hydrogen-bond acceptors (Lipinski definition) is 13. The third-order valence-corrected chi connectivity index (χ3v) is 6.99. The third kappa shape index (κ3) is 9.64. The summed E-state index contributed by atoms with van der Waals surface area (Å²) in [5.74, 6) is -0.0568. The molecule has 0 atom stereocenters. The predicted molar refractivity (Wildman–Crippen MR) is 161 cm³/mol. The quantitative estimate of drug-likeness (QED) is 0.233. The molecule has 0 amide bonds. The van der Waals surface area contributed by atoms with Crippen molar-refractivity contribution in [1.82, 2.24) is 4.90 Å². The van der Waals surface area contributed by atoms with E-state index >= 15 is 0 Å². The Hall–Kier alpha value is -3.73. The fourth-order valence-electron chi connectivity index (χ4n) is 3.91. The molecule has 0 bridgehead atoms. The number of rotatable bonds is 14. The number of hydrogen-bond donors (Lipinski definition) is 0. The Bertz CT molecular complexity index is 1790. The second-order valence-electron chi connectivity index (χ2n) is 9.56. The number of nitrogens with zero attached hydrogens (tertiary/aromatic N) is 1. The van der Waals surface area contributed by atoms with Gasteiger partial charge in [0.25, 0.3) is 0 Å². The molecule has 0 spiro atoms.